The summed E-state index contributed by atoms with van der Waals surface area (Å²) in [7, 11) is 0. The smallest absolute Gasteiger partial charge is 0.261 e. The number of anilines is 1. The summed E-state index contributed by atoms with van der Waals surface area (Å²) in [6.07, 6.45) is 10.3. The van der Waals surface area contributed by atoms with Gasteiger partial charge in [-0.1, -0.05) is 36.0 Å². The molecule has 0 aliphatic heterocycles. The molecule has 3 aromatic heterocycles. The lowest BCUT2D eigenvalue weighted by atomic mass is 10.1. The van der Waals surface area contributed by atoms with E-state index >= 15 is 0 Å². The maximum Gasteiger partial charge on any atom is 0.261 e. The molecule has 0 spiro atoms. The fourth-order valence-corrected chi connectivity index (χ4v) is 3.98. The van der Waals surface area contributed by atoms with Gasteiger partial charge in [0.1, 0.15) is 11.2 Å². The second-order valence-corrected chi connectivity index (χ2v) is 7.34. The molecular formula is C19H16Cl2N4O2. The Kier molecular flexibility index (Phi) is 4.85. The molecule has 0 radical (unpaired) electrons. The van der Waals surface area contributed by atoms with E-state index in [0.717, 1.165) is 25.7 Å². The molecule has 0 atom stereocenters. The molecule has 1 aliphatic rings. The second-order valence-electron chi connectivity index (χ2n) is 6.52. The third-order valence-corrected chi connectivity index (χ3v) is 5.42. The Morgan fingerprint density at radius 2 is 1.89 bits per heavy atom. The molecule has 3 heterocycles. The first kappa shape index (κ1) is 17.9. The van der Waals surface area contributed by atoms with Gasteiger partial charge in [-0.25, -0.2) is 4.98 Å². The lowest BCUT2D eigenvalue weighted by Crippen LogP contribution is -2.25. The minimum Gasteiger partial charge on any atom is -0.328 e. The molecule has 4 rings (SSSR count). The van der Waals surface area contributed by atoms with E-state index in [1.165, 1.54) is 12.4 Å². The Balaban J connectivity index is 1.82. The summed E-state index contributed by atoms with van der Waals surface area (Å²) in [5.74, 6) is -0.563. The molecule has 0 saturated heterocycles. The third kappa shape index (κ3) is 3.31. The van der Waals surface area contributed by atoms with E-state index in [0.29, 0.717) is 11.0 Å². The number of aromatic nitrogens is 3. The zero-order chi connectivity index (χ0) is 19.0. The molecule has 1 aliphatic carbocycles. The average Bonchev–Trinajstić information content (AvgIpc) is 3.20. The van der Waals surface area contributed by atoms with Crippen molar-refractivity contribution in [3.05, 3.63) is 62.8 Å². The number of fused-ring (bicyclic) bond motifs is 1. The fraction of sp³-hybridized carbons (Fsp3) is 0.263. The molecule has 1 amide bonds. The molecule has 0 bridgehead atoms. The fourth-order valence-electron chi connectivity index (χ4n) is 3.52. The molecule has 0 aromatic carbocycles. The highest BCUT2D eigenvalue weighted by Gasteiger charge is 2.23. The van der Waals surface area contributed by atoms with E-state index in [-0.39, 0.29) is 32.8 Å². The van der Waals surface area contributed by atoms with Crippen molar-refractivity contribution in [1.82, 2.24) is 14.5 Å². The van der Waals surface area contributed by atoms with Crippen LogP contribution >= 0.6 is 23.2 Å². The van der Waals surface area contributed by atoms with E-state index in [1.807, 2.05) is 4.57 Å². The number of rotatable bonds is 3. The third-order valence-electron chi connectivity index (χ3n) is 4.84. The monoisotopic (exact) mass is 402 g/mol. The number of carbonyl (C=O) groups is 1. The van der Waals surface area contributed by atoms with E-state index in [1.54, 1.807) is 24.5 Å². The highest BCUT2D eigenvalue weighted by Crippen LogP contribution is 2.32. The van der Waals surface area contributed by atoms with E-state index in [9.17, 15) is 9.59 Å². The first-order chi connectivity index (χ1) is 13.1. The summed E-state index contributed by atoms with van der Waals surface area (Å²) in [4.78, 5) is 34.0. The van der Waals surface area contributed by atoms with Crippen molar-refractivity contribution < 1.29 is 4.79 Å². The Morgan fingerprint density at radius 3 is 2.59 bits per heavy atom. The van der Waals surface area contributed by atoms with Crippen LogP contribution in [0.25, 0.3) is 11.0 Å². The number of hydrogen-bond acceptors (Lipinski definition) is 4. The van der Waals surface area contributed by atoms with Crippen LogP contribution < -0.4 is 10.7 Å². The van der Waals surface area contributed by atoms with Crippen molar-refractivity contribution in [3.8, 4) is 0 Å². The normalized spacial score (nSPS) is 14.6. The molecule has 8 heteroatoms. The lowest BCUT2D eigenvalue weighted by Gasteiger charge is -2.18. The van der Waals surface area contributed by atoms with E-state index < -0.39 is 5.91 Å². The number of nitrogens with zero attached hydrogens (tertiary/aromatic N) is 3. The van der Waals surface area contributed by atoms with Gasteiger partial charge in [0.05, 0.1) is 21.1 Å². The predicted molar refractivity (Wildman–Crippen MR) is 106 cm³/mol. The summed E-state index contributed by atoms with van der Waals surface area (Å²) in [5, 5.41) is 3.47. The van der Waals surface area contributed by atoms with Crippen molar-refractivity contribution >= 4 is 45.8 Å². The quantitative estimate of drug-likeness (QED) is 0.700. The van der Waals surface area contributed by atoms with Gasteiger partial charge in [-0.15, -0.1) is 0 Å². The minimum absolute atomic E-state index is 0.0337. The second kappa shape index (κ2) is 7.29. The van der Waals surface area contributed by atoms with Gasteiger partial charge >= 0.3 is 0 Å². The largest absolute Gasteiger partial charge is 0.328 e. The Bertz CT molecular complexity index is 1070. The van der Waals surface area contributed by atoms with Crippen molar-refractivity contribution in [2.24, 2.45) is 0 Å². The van der Waals surface area contributed by atoms with Gasteiger partial charge in [0.2, 0.25) is 5.43 Å². The number of nitrogens with one attached hydrogen (secondary N) is 1. The topological polar surface area (TPSA) is 76.9 Å². The van der Waals surface area contributed by atoms with Gasteiger partial charge in [0.15, 0.2) is 0 Å². The van der Waals surface area contributed by atoms with E-state index in [4.69, 9.17) is 23.2 Å². The van der Waals surface area contributed by atoms with Crippen molar-refractivity contribution in [2.45, 2.75) is 31.7 Å². The van der Waals surface area contributed by atoms with Crippen LogP contribution in [0.15, 0.2) is 41.7 Å². The SMILES string of the molecule is O=C(Nc1c(Cl)cncc1Cl)c1cn(C2CCCC2)c2ncccc2c1=O. The molecule has 138 valence electrons. The average molecular weight is 403 g/mol. The number of halogens is 2. The minimum atomic E-state index is -0.563. The molecule has 1 fully saturated rings. The maximum atomic E-state index is 12.9. The summed E-state index contributed by atoms with van der Waals surface area (Å²) < 4.78 is 1.95. The summed E-state index contributed by atoms with van der Waals surface area (Å²) in [5.41, 5.74) is 0.500. The van der Waals surface area contributed by atoms with Crippen LogP contribution in [0, 0.1) is 0 Å². The number of hydrogen-bond donors (Lipinski definition) is 1. The van der Waals surface area contributed by atoms with Crippen LogP contribution in [0.5, 0.6) is 0 Å². The van der Waals surface area contributed by atoms with Gasteiger partial charge in [-0.3, -0.25) is 14.6 Å². The van der Waals surface area contributed by atoms with Gasteiger partial charge in [0, 0.05) is 30.8 Å². The van der Waals surface area contributed by atoms with Gasteiger partial charge in [0.25, 0.3) is 5.91 Å². The molecule has 0 unspecified atom stereocenters. The van der Waals surface area contributed by atoms with Crippen molar-refractivity contribution in [2.75, 3.05) is 5.32 Å². The molecule has 1 saturated carbocycles. The van der Waals surface area contributed by atoms with Gasteiger partial charge < -0.3 is 9.88 Å². The summed E-state index contributed by atoms with van der Waals surface area (Å²) in [6, 6.07) is 3.61. The van der Waals surface area contributed by atoms with E-state index in [2.05, 4.69) is 15.3 Å². The summed E-state index contributed by atoms with van der Waals surface area (Å²) in [6.45, 7) is 0. The zero-order valence-electron chi connectivity index (χ0n) is 14.3. The van der Waals surface area contributed by atoms with Gasteiger partial charge in [-0.2, -0.15) is 0 Å². The first-order valence-corrected chi connectivity index (χ1v) is 9.42. The van der Waals surface area contributed by atoms with Crippen molar-refractivity contribution in [1.29, 1.82) is 0 Å². The maximum absolute atomic E-state index is 12.9. The zero-order valence-corrected chi connectivity index (χ0v) is 15.8. The molecule has 27 heavy (non-hydrogen) atoms. The van der Waals surface area contributed by atoms with Crippen LogP contribution in [0.2, 0.25) is 10.0 Å². The molecule has 3 aromatic rings. The van der Waals surface area contributed by atoms with Crippen LogP contribution in [-0.4, -0.2) is 20.4 Å². The highest BCUT2D eigenvalue weighted by atomic mass is 35.5. The first-order valence-electron chi connectivity index (χ1n) is 8.66. The Labute approximate surface area is 165 Å². The summed E-state index contributed by atoms with van der Waals surface area (Å²) >= 11 is 12.2. The Hall–Kier alpha value is -2.44. The molecular weight excluding hydrogens is 387 g/mol. The standard InChI is InChI=1S/C19H16Cl2N4O2/c20-14-8-22-9-15(21)16(14)24-19(27)13-10-25(11-4-1-2-5-11)18-12(17(13)26)6-3-7-23-18/h3,6-11H,1-2,4-5H2,(H,22,24,27). The van der Waals surface area contributed by atoms with Crippen molar-refractivity contribution in [3.63, 3.8) is 0 Å². The van der Waals surface area contributed by atoms with Crippen LogP contribution in [0.1, 0.15) is 42.1 Å². The molecule has 6 nitrogen and oxygen atoms in total. The number of carbonyl (C=O) groups excluding carboxylic acids is 1. The highest BCUT2D eigenvalue weighted by molar-refractivity contribution is 6.39. The van der Waals surface area contributed by atoms with Crippen LogP contribution in [0.3, 0.4) is 0 Å². The molecule has 1 N–H and O–H groups in total. The number of pyridine rings is 3. The van der Waals surface area contributed by atoms with Gasteiger partial charge in [-0.05, 0) is 25.0 Å². The Morgan fingerprint density at radius 1 is 1.19 bits per heavy atom. The van der Waals surface area contributed by atoms with Crippen LogP contribution in [0.4, 0.5) is 5.69 Å². The van der Waals surface area contributed by atoms with Crippen LogP contribution in [-0.2, 0) is 0 Å². The predicted octanol–water partition coefficient (Wildman–Crippen LogP) is 4.47. The number of amides is 1. The lowest BCUT2D eigenvalue weighted by molar-refractivity contribution is 0.102.